The molecule has 164 valence electrons. The van der Waals surface area contributed by atoms with E-state index in [1.165, 1.54) is 11.1 Å². The van der Waals surface area contributed by atoms with Crippen molar-refractivity contribution >= 4 is 5.91 Å². The van der Waals surface area contributed by atoms with Gasteiger partial charge in [-0.05, 0) is 49.3 Å². The fourth-order valence-electron chi connectivity index (χ4n) is 5.36. The molecule has 2 bridgehead atoms. The minimum Gasteiger partial charge on any atom is -0.353 e. The summed E-state index contributed by atoms with van der Waals surface area (Å²) in [4.78, 5) is 15.1. The van der Waals surface area contributed by atoms with Gasteiger partial charge in [-0.3, -0.25) is 14.4 Å². The van der Waals surface area contributed by atoms with E-state index in [0.29, 0.717) is 18.0 Å². The van der Waals surface area contributed by atoms with Crippen molar-refractivity contribution in [2.45, 2.75) is 44.3 Å². The van der Waals surface area contributed by atoms with Crippen molar-refractivity contribution in [3.63, 3.8) is 0 Å². The number of nitrogens with zero attached hydrogens (tertiary/aromatic N) is 4. The lowest BCUT2D eigenvalue weighted by Crippen LogP contribution is -2.58. The molecule has 4 fully saturated rings. The van der Waals surface area contributed by atoms with Gasteiger partial charge in [0, 0.05) is 24.2 Å². The Balaban J connectivity index is 1.10. The van der Waals surface area contributed by atoms with Crippen LogP contribution in [0, 0.1) is 11.8 Å². The Kier molecular flexibility index (Phi) is 5.02. The first-order chi connectivity index (χ1) is 15.7. The van der Waals surface area contributed by atoms with Gasteiger partial charge in [-0.25, -0.2) is 0 Å². The molecule has 1 saturated carbocycles. The second-order valence-corrected chi connectivity index (χ2v) is 9.59. The molecule has 6 heteroatoms. The maximum absolute atomic E-state index is 12.6. The number of carbonyl (C=O) groups excluding carboxylic acids is 1. The van der Waals surface area contributed by atoms with Crippen LogP contribution < -0.4 is 5.32 Å². The quantitative estimate of drug-likeness (QED) is 0.653. The van der Waals surface area contributed by atoms with E-state index in [1.807, 2.05) is 10.7 Å². The molecular formula is C26H29N5O. The average Bonchev–Trinajstić information content (AvgIpc) is 3.54. The molecule has 3 saturated heterocycles. The Bertz CT molecular complexity index is 1090. The van der Waals surface area contributed by atoms with Crippen LogP contribution in [-0.4, -0.2) is 51.0 Å². The van der Waals surface area contributed by atoms with Crippen LogP contribution in [0.3, 0.4) is 0 Å². The van der Waals surface area contributed by atoms with E-state index in [-0.39, 0.29) is 11.8 Å². The smallest absolute Gasteiger partial charge is 0.224 e. The molecular weight excluding hydrogens is 398 g/mol. The summed E-state index contributed by atoms with van der Waals surface area (Å²) >= 11 is 0. The molecule has 1 N–H and O–H groups in total. The highest BCUT2D eigenvalue weighted by Crippen LogP contribution is 2.37. The highest BCUT2D eigenvalue weighted by atomic mass is 16.2. The molecule has 1 amide bonds. The van der Waals surface area contributed by atoms with Crippen LogP contribution in [0.25, 0.3) is 22.4 Å². The summed E-state index contributed by atoms with van der Waals surface area (Å²) in [6, 6.07) is 19.8. The van der Waals surface area contributed by atoms with E-state index in [1.54, 1.807) is 0 Å². The number of rotatable bonds is 6. The van der Waals surface area contributed by atoms with Crippen molar-refractivity contribution in [3.05, 3.63) is 60.8 Å². The summed E-state index contributed by atoms with van der Waals surface area (Å²) in [5, 5.41) is 12.1. The molecule has 3 aromatic rings. The Hall–Kier alpha value is -2.99. The number of hydrogen-bond donors (Lipinski definition) is 1. The number of nitrogens with one attached hydrogen (secondary N) is 1. The minimum absolute atomic E-state index is 0.162. The number of amides is 1. The van der Waals surface area contributed by atoms with Gasteiger partial charge in [-0.2, -0.15) is 0 Å². The fraction of sp³-hybridized carbons (Fsp3) is 0.423. The van der Waals surface area contributed by atoms with Crippen molar-refractivity contribution in [3.8, 4) is 22.4 Å². The van der Waals surface area contributed by atoms with Crippen LogP contribution in [0.15, 0.2) is 60.8 Å². The van der Waals surface area contributed by atoms with Crippen molar-refractivity contribution < 1.29 is 4.79 Å². The number of carbonyl (C=O) groups is 1. The standard InChI is InChI=1S/C26H29N5O/c32-26(27-22-10-11-22)24-16-30-13-12-21(24)14-23(30)15-31-17-25(28-29-31)20-8-6-19(7-9-20)18-4-2-1-3-5-18/h1-9,17,21-24H,10-16H2,(H,27,32)/t21-,23-,24+/m1/s1. The fourth-order valence-corrected chi connectivity index (χ4v) is 5.36. The van der Waals surface area contributed by atoms with Crippen LogP contribution >= 0.6 is 0 Å². The highest BCUT2D eigenvalue weighted by molar-refractivity contribution is 5.80. The molecule has 4 aliphatic rings. The van der Waals surface area contributed by atoms with E-state index in [0.717, 1.165) is 56.6 Å². The summed E-state index contributed by atoms with van der Waals surface area (Å²) in [6.07, 6.45) is 6.57. The second-order valence-electron chi connectivity index (χ2n) is 9.59. The Morgan fingerprint density at radius 3 is 2.44 bits per heavy atom. The molecule has 4 heterocycles. The first-order valence-electron chi connectivity index (χ1n) is 11.8. The van der Waals surface area contributed by atoms with E-state index in [9.17, 15) is 4.79 Å². The van der Waals surface area contributed by atoms with Gasteiger partial charge in [0.15, 0.2) is 0 Å². The molecule has 4 atom stereocenters. The van der Waals surface area contributed by atoms with E-state index < -0.39 is 0 Å². The van der Waals surface area contributed by atoms with Crippen LogP contribution in [0.1, 0.15) is 25.7 Å². The molecule has 6 nitrogen and oxygen atoms in total. The maximum atomic E-state index is 12.6. The third-order valence-electron chi connectivity index (χ3n) is 7.36. The van der Waals surface area contributed by atoms with E-state index >= 15 is 0 Å². The zero-order valence-electron chi connectivity index (χ0n) is 18.2. The normalized spacial score (nSPS) is 26.8. The number of fused-ring (bicyclic) bond motifs is 3. The van der Waals surface area contributed by atoms with Crippen molar-refractivity contribution in [1.82, 2.24) is 25.2 Å². The topological polar surface area (TPSA) is 63.1 Å². The molecule has 3 aliphatic heterocycles. The van der Waals surface area contributed by atoms with Gasteiger partial charge < -0.3 is 5.32 Å². The average molecular weight is 428 g/mol. The van der Waals surface area contributed by atoms with Crippen molar-refractivity contribution in [2.24, 2.45) is 11.8 Å². The van der Waals surface area contributed by atoms with E-state index in [4.69, 9.17) is 0 Å². The highest BCUT2D eigenvalue weighted by Gasteiger charge is 2.44. The number of benzene rings is 2. The Morgan fingerprint density at radius 1 is 0.969 bits per heavy atom. The molecule has 1 unspecified atom stereocenters. The van der Waals surface area contributed by atoms with Gasteiger partial charge in [0.1, 0.15) is 5.69 Å². The van der Waals surface area contributed by atoms with Gasteiger partial charge >= 0.3 is 0 Å². The van der Waals surface area contributed by atoms with Crippen LogP contribution in [0.5, 0.6) is 0 Å². The molecule has 32 heavy (non-hydrogen) atoms. The van der Waals surface area contributed by atoms with Crippen LogP contribution in [0.4, 0.5) is 0 Å². The van der Waals surface area contributed by atoms with Gasteiger partial charge in [-0.1, -0.05) is 59.8 Å². The zero-order valence-corrected chi connectivity index (χ0v) is 18.2. The summed E-state index contributed by atoms with van der Waals surface area (Å²) in [6.45, 7) is 2.81. The molecule has 0 radical (unpaired) electrons. The Morgan fingerprint density at radius 2 is 1.72 bits per heavy atom. The second kappa shape index (κ2) is 8.17. The third-order valence-corrected chi connectivity index (χ3v) is 7.36. The van der Waals surface area contributed by atoms with Gasteiger partial charge in [0.25, 0.3) is 0 Å². The summed E-state index contributed by atoms with van der Waals surface area (Å²) < 4.78 is 1.98. The SMILES string of the molecule is O=C(NC1CC1)[C@H]1CN2CC[C@@H]1C[C@@H]2Cn1cc(-c2ccc(-c3ccccc3)cc2)nn1. The lowest BCUT2D eigenvalue weighted by atomic mass is 9.75. The lowest BCUT2D eigenvalue weighted by molar-refractivity contribution is -0.133. The number of piperidine rings is 3. The molecule has 1 aliphatic carbocycles. The summed E-state index contributed by atoms with van der Waals surface area (Å²) in [5.74, 6) is 0.940. The third kappa shape index (κ3) is 3.95. The van der Waals surface area contributed by atoms with Crippen molar-refractivity contribution in [1.29, 1.82) is 0 Å². The first kappa shape index (κ1) is 19.7. The summed E-state index contributed by atoms with van der Waals surface area (Å²) in [7, 11) is 0. The van der Waals surface area contributed by atoms with Crippen LogP contribution in [0.2, 0.25) is 0 Å². The van der Waals surface area contributed by atoms with Gasteiger partial charge in [-0.15, -0.1) is 5.10 Å². The molecule has 1 aromatic heterocycles. The first-order valence-corrected chi connectivity index (χ1v) is 11.8. The van der Waals surface area contributed by atoms with Gasteiger partial charge in [0.05, 0.1) is 18.7 Å². The lowest BCUT2D eigenvalue weighted by Gasteiger charge is -2.49. The predicted molar refractivity (Wildman–Crippen MR) is 124 cm³/mol. The summed E-state index contributed by atoms with van der Waals surface area (Å²) in [5.41, 5.74) is 4.40. The molecule has 7 rings (SSSR count). The number of hydrogen-bond acceptors (Lipinski definition) is 4. The molecule has 0 spiro atoms. The Labute approximate surface area is 188 Å². The van der Waals surface area contributed by atoms with E-state index in [2.05, 4.69) is 75.3 Å². The minimum atomic E-state index is 0.162. The predicted octanol–water partition coefficient (Wildman–Crippen LogP) is 3.60. The van der Waals surface area contributed by atoms with Crippen molar-refractivity contribution in [2.75, 3.05) is 13.1 Å². The molecule has 2 aromatic carbocycles. The van der Waals surface area contributed by atoms with Crippen LogP contribution in [-0.2, 0) is 11.3 Å². The maximum Gasteiger partial charge on any atom is 0.224 e. The number of aromatic nitrogens is 3. The van der Waals surface area contributed by atoms with Gasteiger partial charge in [0.2, 0.25) is 5.91 Å². The zero-order chi connectivity index (χ0) is 21.5. The monoisotopic (exact) mass is 427 g/mol. The largest absolute Gasteiger partial charge is 0.353 e.